The van der Waals surface area contributed by atoms with E-state index in [9.17, 15) is 20.4 Å². The summed E-state index contributed by atoms with van der Waals surface area (Å²) in [4.78, 5) is 0. The zero-order chi connectivity index (χ0) is 11.9. The van der Waals surface area contributed by atoms with Crippen molar-refractivity contribution in [2.75, 3.05) is 26.4 Å². The fraction of sp³-hybridized carbons (Fsp3) is 1.00. The topological polar surface area (TPSA) is 80.9 Å². The quantitative estimate of drug-likeness (QED) is 0.469. The van der Waals surface area contributed by atoms with Gasteiger partial charge in [0.2, 0.25) is 0 Å². The molecule has 0 atom stereocenters. The molecule has 4 nitrogen and oxygen atoms in total. The minimum absolute atomic E-state index is 0.123. The Hall–Kier alpha value is -0.160. The summed E-state index contributed by atoms with van der Waals surface area (Å²) in [5, 5.41) is 37.2. The first-order chi connectivity index (χ1) is 7.07. The third-order valence-corrected chi connectivity index (χ3v) is 3.59. The number of rotatable bonds is 8. The average molecular weight is 220 g/mol. The van der Waals surface area contributed by atoms with Gasteiger partial charge in [-0.05, 0) is 19.3 Å². The third kappa shape index (κ3) is 3.41. The summed E-state index contributed by atoms with van der Waals surface area (Å²) in [6.07, 6.45) is 1.69. The van der Waals surface area contributed by atoms with E-state index < -0.39 is 10.8 Å². The van der Waals surface area contributed by atoms with Crippen molar-refractivity contribution in [3.63, 3.8) is 0 Å². The fourth-order valence-electron chi connectivity index (χ4n) is 1.82. The molecule has 0 bridgehead atoms. The van der Waals surface area contributed by atoms with Crippen LogP contribution in [0.15, 0.2) is 0 Å². The molecule has 0 spiro atoms. The Morgan fingerprint density at radius 1 is 0.667 bits per heavy atom. The van der Waals surface area contributed by atoms with E-state index in [0.29, 0.717) is 19.3 Å². The zero-order valence-electron chi connectivity index (χ0n) is 9.74. The van der Waals surface area contributed by atoms with E-state index in [1.807, 2.05) is 13.8 Å². The molecule has 0 saturated carbocycles. The predicted molar refractivity (Wildman–Crippen MR) is 58.4 cm³/mol. The van der Waals surface area contributed by atoms with Crippen LogP contribution in [0.25, 0.3) is 0 Å². The smallest absolute Gasteiger partial charge is 0.0509 e. The molecule has 0 unspecified atom stereocenters. The molecule has 0 rings (SSSR count). The van der Waals surface area contributed by atoms with Crippen molar-refractivity contribution in [2.45, 2.75) is 33.1 Å². The maximum Gasteiger partial charge on any atom is 0.0509 e. The highest BCUT2D eigenvalue weighted by molar-refractivity contribution is 4.87. The lowest BCUT2D eigenvalue weighted by Gasteiger charge is -2.39. The van der Waals surface area contributed by atoms with Gasteiger partial charge in [-0.15, -0.1) is 0 Å². The standard InChI is InChI=1S/C11H24O4/c1-3-10(6-12,7-13)5-11(4-2,8-14)9-15/h12-15H,3-9H2,1-2H3. The largest absolute Gasteiger partial charge is 0.396 e. The summed E-state index contributed by atoms with van der Waals surface area (Å²) in [5.74, 6) is 0. The zero-order valence-corrected chi connectivity index (χ0v) is 9.74. The molecule has 0 aromatic carbocycles. The minimum atomic E-state index is -0.596. The molecule has 0 aliphatic rings. The van der Waals surface area contributed by atoms with Gasteiger partial charge in [-0.1, -0.05) is 13.8 Å². The van der Waals surface area contributed by atoms with Gasteiger partial charge in [0.15, 0.2) is 0 Å². The third-order valence-electron chi connectivity index (χ3n) is 3.59. The van der Waals surface area contributed by atoms with E-state index in [-0.39, 0.29) is 26.4 Å². The summed E-state index contributed by atoms with van der Waals surface area (Å²) in [7, 11) is 0. The second-order valence-corrected chi connectivity index (χ2v) is 4.52. The van der Waals surface area contributed by atoms with Gasteiger partial charge in [-0.25, -0.2) is 0 Å². The van der Waals surface area contributed by atoms with Crippen molar-refractivity contribution >= 4 is 0 Å². The van der Waals surface area contributed by atoms with Crippen molar-refractivity contribution in [2.24, 2.45) is 10.8 Å². The van der Waals surface area contributed by atoms with Crippen molar-refractivity contribution < 1.29 is 20.4 Å². The molecule has 4 heteroatoms. The lowest BCUT2D eigenvalue weighted by Crippen LogP contribution is -2.40. The number of hydrogen-bond acceptors (Lipinski definition) is 4. The number of hydrogen-bond donors (Lipinski definition) is 4. The van der Waals surface area contributed by atoms with Crippen LogP contribution in [0.2, 0.25) is 0 Å². The normalized spacial score (nSPS) is 13.2. The second-order valence-electron chi connectivity index (χ2n) is 4.52. The highest BCUT2D eigenvalue weighted by Gasteiger charge is 2.38. The molecule has 0 aliphatic carbocycles. The lowest BCUT2D eigenvalue weighted by molar-refractivity contribution is -0.0393. The van der Waals surface area contributed by atoms with Crippen molar-refractivity contribution in [1.82, 2.24) is 0 Å². The molecule has 0 aliphatic heterocycles. The highest BCUT2D eigenvalue weighted by atomic mass is 16.3. The van der Waals surface area contributed by atoms with E-state index >= 15 is 0 Å². The van der Waals surface area contributed by atoms with Crippen molar-refractivity contribution in [3.8, 4) is 0 Å². The van der Waals surface area contributed by atoms with E-state index in [4.69, 9.17) is 0 Å². The molecule has 0 aromatic heterocycles. The van der Waals surface area contributed by atoms with Gasteiger partial charge in [0.1, 0.15) is 0 Å². The van der Waals surface area contributed by atoms with Gasteiger partial charge in [0.25, 0.3) is 0 Å². The first-order valence-corrected chi connectivity index (χ1v) is 5.51. The van der Waals surface area contributed by atoms with Crippen LogP contribution in [0.3, 0.4) is 0 Å². The molecule has 0 saturated heterocycles. The second kappa shape index (κ2) is 6.43. The summed E-state index contributed by atoms with van der Waals surface area (Å²) in [6.45, 7) is 3.29. The van der Waals surface area contributed by atoms with Gasteiger partial charge in [0.05, 0.1) is 26.4 Å². The summed E-state index contributed by atoms with van der Waals surface area (Å²) >= 11 is 0. The SMILES string of the molecule is CCC(CO)(CO)CC(CC)(CO)CO. The Labute approximate surface area is 91.6 Å². The summed E-state index contributed by atoms with van der Waals surface area (Å²) in [6, 6.07) is 0. The van der Waals surface area contributed by atoms with Crippen LogP contribution in [0.5, 0.6) is 0 Å². The Bertz CT molecular complexity index is 127. The van der Waals surface area contributed by atoms with Crippen LogP contribution in [0, 0.1) is 10.8 Å². The Morgan fingerprint density at radius 3 is 1.07 bits per heavy atom. The first-order valence-electron chi connectivity index (χ1n) is 5.51. The molecule has 92 valence electrons. The van der Waals surface area contributed by atoms with E-state index in [2.05, 4.69) is 0 Å². The molecule has 0 fully saturated rings. The van der Waals surface area contributed by atoms with Crippen LogP contribution in [-0.4, -0.2) is 46.9 Å². The molecular formula is C11H24O4. The van der Waals surface area contributed by atoms with E-state index in [0.717, 1.165) is 0 Å². The summed E-state index contributed by atoms with van der Waals surface area (Å²) in [5.41, 5.74) is -1.19. The van der Waals surface area contributed by atoms with Gasteiger partial charge >= 0.3 is 0 Å². The molecule has 0 aromatic rings. The Morgan fingerprint density at radius 2 is 0.933 bits per heavy atom. The molecular weight excluding hydrogens is 196 g/mol. The molecule has 4 N–H and O–H groups in total. The van der Waals surface area contributed by atoms with Crippen LogP contribution >= 0.6 is 0 Å². The molecule has 0 heterocycles. The Balaban J connectivity index is 4.74. The van der Waals surface area contributed by atoms with E-state index in [1.165, 1.54) is 0 Å². The van der Waals surface area contributed by atoms with Crippen LogP contribution in [-0.2, 0) is 0 Å². The van der Waals surface area contributed by atoms with Gasteiger partial charge in [-0.3, -0.25) is 0 Å². The minimum Gasteiger partial charge on any atom is -0.396 e. The van der Waals surface area contributed by atoms with Crippen LogP contribution < -0.4 is 0 Å². The Kier molecular flexibility index (Phi) is 6.36. The highest BCUT2D eigenvalue weighted by Crippen LogP contribution is 2.38. The van der Waals surface area contributed by atoms with Gasteiger partial charge < -0.3 is 20.4 Å². The number of aliphatic hydroxyl groups excluding tert-OH is 4. The fourth-order valence-corrected chi connectivity index (χ4v) is 1.82. The van der Waals surface area contributed by atoms with Crippen LogP contribution in [0.1, 0.15) is 33.1 Å². The lowest BCUT2D eigenvalue weighted by atomic mass is 9.69. The maximum absolute atomic E-state index is 9.30. The van der Waals surface area contributed by atoms with Crippen LogP contribution in [0.4, 0.5) is 0 Å². The predicted octanol–water partition coefficient (Wildman–Crippen LogP) is 0.138. The first kappa shape index (κ1) is 14.8. The molecule has 15 heavy (non-hydrogen) atoms. The monoisotopic (exact) mass is 220 g/mol. The molecule has 0 radical (unpaired) electrons. The van der Waals surface area contributed by atoms with E-state index in [1.54, 1.807) is 0 Å². The van der Waals surface area contributed by atoms with Gasteiger partial charge in [-0.2, -0.15) is 0 Å². The molecule has 0 amide bonds. The van der Waals surface area contributed by atoms with Gasteiger partial charge in [0, 0.05) is 10.8 Å². The number of aliphatic hydroxyl groups is 4. The average Bonchev–Trinajstić information content (AvgIpc) is 2.33. The van der Waals surface area contributed by atoms with Crippen molar-refractivity contribution in [1.29, 1.82) is 0 Å². The summed E-state index contributed by atoms with van der Waals surface area (Å²) < 4.78 is 0. The maximum atomic E-state index is 9.30. The van der Waals surface area contributed by atoms with Crippen molar-refractivity contribution in [3.05, 3.63) is 0 Å².